The molecule has 0 N–H and O–H groups in total. The highest BCUT2D eigenvalue weighted by Crippen LogP contribution is 2.15. The summed E-state index contributed by atoms with van der Waals surface area (Å²) < 4.78 is 0. The lowest BCUT2D eigenvalue weighted by Crippen LogP contribution is -2.35. The minimum atomic E-state index is 0.644. The van der Waals surface area contributed by atoms with Gasteiger partial charge in [0.15, 0.2) is 0 Å². The molecule has 15 heavy (non-hydrogen) atoms. The molecule has 0 unspecified atom stereocenters. The maximum atomic E-state index is 5.84. The molecule has 1 rings (SSSR count). The molecule has 1 heterocycles. The van der Waals surface area contributed by atoms with E-state index in [9.17, 15) is 0 Å². The predicted molar refractivity (Wildman–Crippen MR) is 67.6 cm³/mol. The number of nitrogens with zero attached hydrogens (tertiary/aromatic N) is 2. The largest absolute Gasteiger partial charge is 0.294 e. The van der Waals surface area contributed by atoms with Crippen LogP contribution in [0.3, 0.4) is 0 Å². The van der Waals surface area contributed by atoms with Crippen molar-refractivity contribution in [1.82, 2.24) is 9.88 Å². The van der Waals surface area contributed by atoms with Crippen LogP contribution < -0.4 is 0 Å². The molecule has 1 aromatic heterocycles. The summed E-state index contributed by atoms with van der Waals surface area (Å²) in [6.45, 7) is 6.43. The third kappa shape index (κ3) is 4.09. The lowest BCUT2D eigenvalue weighted by atomic mass is 10.1. The van der Waals surface area contributed by atoms with E-state index in [0.29, 0.717) is 11.9 Å². The zero-order valence-corrected chi connectivity index (χ0v) is 11.0. The Balaban J connectivity index is 2.56. The van der Waals surface area contributed by atoms with Crippen molar-refractivity contribution in [3.63, 3.8) is 0 Å². The van der Waals surface area contributed by atoms with Crippen LogP contribution in [0.25, 0.3) is 0 Å². The van der Waals surface area contributed by atoms with Crippen molar-refractivity contribution in [1.29, 1.82) is 0 Å². The first kappa shape index (κ1) is 12.9. The van der Waals surface area contributed by atoms with Crippen molar-refractivity contribution in [2.24, 2.45) is 0 Å². The van der Waals surface area contributed by atoms with Gasteiger partial charge >= 0.3 is 0 Å². The number of rotatable bonds is 7. The van der Waals surface area contributed by atoms with Gasteiger partial charge in [0.1, 0.15) is 0 Å². The maximum absolute atomic E-state index is 5.84. The van der Waals surface area contributed by atoms with Gasteiger partial charge in [-0.05, 0) is 12.8 Å². The van der Waals surface area contributed by atoms with Gasteiger partial charge in [-0.3, -0.25) is 9.88 Å². The number of thiazole rings is 1. The molecule has 0 saturated carbocycles. The van der Waals surface area contributed by atoms with Crippen LogP contribution in [0.2, 0.25) is 0 Å². The topological polar surface area (TPSA) is 16.1 Å². The van der Waals surface area contributed by atoms with E-state index in [4.69, 9.17) is 11.6 Å². The van der Waals surface area contributed by atoms with Crippen LogP contribution in [-0.2, 0) is 6.54 Å². The van der Waals surface area contributed by atoms with E-state index in [0.717, 1.165) is 13.1 Å². The Morgan fingerprint density at radius 3 is 2.67 bits per heavy atom. The van der Waals surface area contributed by atoms with Crippen molar-refractivity contribution in [2.45, 2.75) is 39.3 Å². The molecule has 2 nitrogen and oxygen atoms in total. The monoisotopic (exact) mass is 246 g/mol. The van der Waals surface area contributed by atoms with Gasteiger partial charge in [-0.15, -0.1) is 22.9 Å². The van der Waals surface area contributed by atoms with E-state index in [1.54, 1.807) is 11.3 Å². The minimum absolute atomic E-state index is 0.644. The molecule has 0 bridgehead atoms. The molecule has 0 fully saturated rings. The van der Waals surface area contributed by atoms with Gasteiger partial charge in [0.25, 0.3) is 0 Å². The second-order valence-corrected chi connectivity index (χ2v) is 4.95. The second kappa shape index (κ2) is 7.20. The minimum Gasteiger partial charge on any atom is -0.294 e. The van der Waals surface area contributed by atoms with Gasteiger partial charge in [-0.25, -0.2) is 0 Å². The van der Waals surface area contributed by atoms with Gasteiger partial charge < -0.3 is 0 Å². The van der Waals surface area contributed by atoms with Gasteiger partial charge in [0.05, 0.1) is 5.51 Å². The fourth-order valence-corrected chi connectivity index (χ4v) is 2.66. The number of alkyl halides is 1. The average molecular weight is 247 g/mol. The highest BCUT2D eigenvalue weighted by molar-refractivity contribution is 7.09. The normalized spacial score (nSPS) is 11.5. The second-order valence-electron chi connectivity index (χ2n) is 3.60. The van der Waals surface area contributed by atoms with Crippen molar-refractivity contribution in [3.8, 4) is 0 Å². The molecule has 0 aliphatic carbocycles. The van der Waals surface area contributed by atoms with Crippen molar-refractivity contribution in [2.75, 3.05) is 12.4 Å². The number of halogens is 1. The summed E-state index contributed by atoms with van der Waals surface area (Å²) in [4.78, 5) is 7.89. The molecular formula is C11H19ClN2S. The predicted octanol–water partition coefficient (Wildman–Crippen LogP) is 3.37. The van der Waals surface area contributed by atoms with Crippen LogP contribution in [-0.4, -0.2) is 28.4 Å². The van der Waals surface area contributed by atoms with Crippen molar-refractivity contribution >= 4 is 22.9 Å². The van der Waals surface area contributed by atoms with Crippen LogP contribution in [0.5, 0.6) is 0 Å². The summed E-state index contributed by atoms with van der Waals surface area (Å²) in [6, 6.07) is 0.644. The zero-order valence-electron chi connectivity index (χ0n) is 9.45. The molecule has 0 spiro atoms. The Morgan fingerprint density at radius 1 is 1.47 bits per heavy atom. The van der Waals surface area contributed by atoms with Gasteiger partial charge in [0, 0.05) is 36.1 Å². The van der Waals surface area contributed by atoms with E-state index in [1.807, 2.05) is 11.7 Å². The Bertz CT molecular complexity index is 247. The highest BCUT2D eigenvalue weighted by atomic mass is 35.5. The molecule has 4 heteroatoms. The third-order valence-corrected chi connectivity index (χ3v) is 3.61. The smallest absolute Gasteiger partial charge is 0.0794 e. The summed E-state index contributed by atoms with van der Waals surface area (Å²) in [5.74, 6) is 0.704. The first-order valence-corrected chi connectivity index (χ1v) is 6.90. The van der Waals surface area contributed by atoms with E-state index in [1.165, 1.54) is 17.7 Å². The fourth-order valence-electron chi connectivity index (χ4n) is 1.82. The molecule has 0 aromatic carbocycles. The molecule has 0 saturated heterocycles. The van der Waals surface area contributed by atoms with Crippen LogP contribution in [0.15, 0.2) is 11.7 Å². The summed E-state index contributed by atoms with van der Waals surface area (Å²) in [5, 5.41) is 0. The van der Waals surface area contributed by atoms with Crippen molar-refractivity contribution in [3.05, 3.63) is 16.6 Å². The first-order valence-electron chi connectivity index (χ1n) is 5.49. The molecule has 0 atom stereocenters. The first-order chi connectivity index (χ1) is 7.31. The van der Waals surface area contributed by atoms with Crippen LogP contribution in [0.4, 0.5) is 0 Å². The third-order valence-electron chi connectivity index (χ3n) is 2.67. The van der Waals surface area contributed by atoms with Gasteiger partial charge in [-0.2, -0.15) is 0 Å². The Hall–Kier alpha value is -0.120. The van der Waals surface area contributed by atoms with E-state index >= 15 is 0 Å². The number of hydrogen-bond acceptors (Lipinski definition) is 3. The molecule has 0 aliphatic rings. The van der Waals surface area contributed by atoms with E-state index in [-0.39, 0.29) is 0 Å². The van der Waals surface area contributed by atoms with Crippen molar-refractivity contribution < 1.29 is 0 Å². The zero-order chi connectivity index (χ0) is 11.1. The molecule has 0 radical (unpaired) electrons. The average Bonchev–Trinajstić information content (AvgIpc) is 2.72. The molecule has 1 aromatic rings. The summed E-state index contributed by atoms with van der Waals surface area (Å²) in [6.07, 6.45) is 4.33. The SMILES string of the molecule is CCC(CC)N(CCCl)Cc1cncs1. The summed E-state index contributed by atoms with van der Waals surface area (Å²) >= 11 is 7.56. The number of aromatic nitrogens is 1. The number of hydrogen-bond donors (Lipinski definition) is 0. The standard InChI is InChI=1S/C11H19ClN2S/c1-3-10(4-2)14(6-5-12)8-11-7-13-9-15-11/h7,9-10H,3-6,8H2,1-2H3. The Kier molecular flexibility index (Phi) is 6.22. The Labute approximate surface area is 101 Å². The molecular weight excluding hydrogens is 228 g/mol. The van der Waals surface area contributed by atoms with E-state index in [2.05, 4.69) is 23.7 Å². The summed E-state index contributed by atoms with van der Waals surface area (Å²) in [5.41, 5.74) is 1.89. The summed E-state index contributed by atoms with van der Waals surface area (Å²) in [7, 11) is 0. The van der Waals surface area contributed by atoms with E-state index < -0.39 is 0 Å². The van der Waals surface area contributed by atoms with Gasteiger partial charge in [0.2, 0.25) is 0 Å². The molecule has 86 valence electrons. The quantitative estimate of drug-likeness (QED) is 0.686. The van der Waals surface area contributed by atoms with Crippen LogP contribution in [0, 0.1) is 0 Å². The van der Waals surface area contributed by atoms with Crippen LogP contribution in [0.1, 0.15) is 31.6 Å². The van der Waals surface area contributed by atoms with Gasteiger partial charge in [-0.1, -0.05) is 13.8 Å². The fraction of sp³-hybridized carbons (Fsp3) is 0.727. The maximum Gasteiger partial charge on any atom is 0.0794 e. The highest BCUT2D eigenvalue weighted by Gasteiger charge is 2.15. The van der Waals surface area contributed by atoms with Crippen LogP contribution >= 0.6 is 22.9 Å². The molecule has 0 aliphatic heterocycles. The lowest BCUT2D eigenvalue weighted by Gasteiger charge is -2.29. The Morgan fingerprint density at radius 2 is 2.20 bits per heavy atom. The lowest BCUT2D eigenvalue weighted by molar-refractivity contribution is 0.189. The molecule has 0 amide bonds.